The number of primary amides is 1. The molecule has 8 heteroatoms. The Morgan fingerprint density at radius 3 is 2.77 bits per heavy atom. The number of aldehydes is 1. The minimum Gasteiger partial charge on any atom is -0.493 e. The van der Waals surface area contributed by atoms with Crippen molar-refractivity contribution in [1.29, 1.82) is 0 Å². The van der Waals surface area contributed by atoms with Crippen LogP contribution in [0.2, 0.25) is 0 Å². The van der Waals surface area contributed by atoms with Gasteiger partial charge >= 0.3 is 0 Å². The molecule has 1 saturated carbocycles. The minimum absolute atomic E-state index is 0.0486. The lowest BCUT2D eigenvalue weighted by atomic mass is 9.77. The minimum atomic E-state index is -0.563. The van der Waals surface area contributed by atoms with Crippen LogP contribution in [0.25, 0.3) is 0 Å². The lowest BCUT2D eigenvalue weighted by Gasteiger charge is -2.46. The van der Waals surface area contributed by atoms with Gasteiger partial charge in [0, 0.05) is 11.6 Å². The first kappa shape index (κ1) is 22.2. The van der Waals surface area contributed by atoms with E-state index in [1.807, 2.05) is 0 Å². The predicted molar refractivity (Wildman–Crippen MR) is 113 cm³/mol. The number of amides is 1. The van der Waals surface area contributed by atoms with Gasteiger partial charge in [0.1, 0.15) is 11.3 Å². The number of benzene rings is 1. The lowest BCUT2D eigenvalue weighted by Crippen LogP contribution is -2.55. The molecule has 3 atom stereocenters. The highest BCUT2D eigenvalue weighted by Gasteiger charge is 2.38. The molecule has 3 rings (SSSR count). The Bertz CT molecular complexity index is 795. The molecule has 0 bridgehead atoms. The molecule has 1 heterocycles. The third-order valence-corrected chi connectivity index (χ3v) is 6.57. The molecule has 1 saturated heterocycles. The molecule has 2 N–H and O–H groups in total. The summed E-state index contributed by atoms with van der Waals surface area (Å²) < 4.78 is 5.69. The van der Waals surface area contributed by atoms with Gasteiger partial charge in [-0.2, -0.15) is 0 Å². The van der Waals surface area contributed by atoms with E-state index in [1.165, 1.54) is 25.7 Å². The molecule has 164 valence electrons. The smallest absolute Gasteiger partial charge is 0.286 e. The Hall–Kier alpha value is -2.48. The summed E-state index contributed by atoms with van der Waals surface area (Å²) in [5.41, 5.74) is 5.89. The lowest BCUT2D eigenvalue weighted by molar-refractivity contribution is -0.385. The fraction of sp³-hybridized carbons (Fsp3) is 0.636. The average Bonchev–Trinajstić information content (AvgIpc) is 2.73. The molecule has 0 radical (unpaired) electrons. The fourth-order valence-electron chi connectivity index (χ4n) is 5.16. The summed E-state index contributed by atoms with van der Waals surface area (Å²) in [5.74, 6) is 0.554. The molecule has 30 heavy (non-hydrogen) atoms. The van der Waals surface area contributed by atoms with E-state index in [9.17, 15) is 19.7 Å². The van der Waals surface area contributed by atoms with E-state index in [4.69, 9.17) is 10.5 Å². The number of likely N-dealkylation sites (tertiary alicyclic amines) is 1. The number of aryl methyl sites for hydroxylation is 1. The molecular weight excluding hydrogens is 386 g/mol. The second kappa shape index (κ2) is 10.0. The zero-order valence-electron chi connectivity index (χ0n) is 17.5. The first-order chi connectivity index (χ1) is 14.4. The van der Waals surface area contributed by atoms with Gasteiger partial charge in [-0.3, -0.25) is 24.6 Å². The van der Waals surface area contributed by atoms with E-state index in [2.05, 4.69) is 4.90 Å². The summed E-state index contributed by atoms with van der Waals surface area (Å²) in [6.07, 6.45) is 8.76. The van der Waals surface area contributed by atoms with Gasteiger partial charge in [-0.15, -0.1) is 0 Å². The van der Waals surface area contributed by atoms with Gasteiger partial charge in [-0.1, -0.05) is 12.8 Å². The van der Waals surface area contributed by atoms with Crippen LogP contribution in [0.4, 0.5) is 5.69 Å². The van der Waals surface area contributed by atoms with E-state index in [0.717, 1.165) is 19.4 Å². The van der Waals surface area contributed by atoms with E-state index >= 15 is 0 Å². The predicted octanol–water partition coefficient (Wildman–Crippen LogP) is 3.38. The maximum absolute atomic E-state index is 12.2. The van der Waals surface area contributed by atoms with Gasteiger partial charge in [0.2, 0.25) is 5.91 Å². The summed E-state index contributed by atoms with van der Waals surface area (Å²) in [5, 5.41) is 11.3. The quantitative estimate of drug-likeness (QED) is 0.285. The van der Waals surface area contributed by atoms with Crippen molar-refractivity contribution in [3.05, 3.63) is 33.4 Å². The van der Waals surface area contributed by atoms with E-state index in [1.54, 1.807) is 19.1 Å². The first-order valence-electron chi connectivity index (χ1n) is 10.8. The number of hydrogen-bond donors (Lipinski definition) is 1. The molecular formula is C22H31N3O5. The number of carbonyl (C=O) groups is 2. The number of carbonyl (C=O) groups excluding carboxylic acids is 2. The van der Waals surface area contributed by atoms with Crippen molar-refractivity contribution in [2.45, 2.75) is 70.4 Å². The molecule has 8 nitrogen and oxygen atoms in total. The topological polar surface area (TPSA) is 116 Å². The average molecular weight is 418 g/mol. The van der Waals surface area contributed by atoms with Gasteiger partial charge in [0.05, 0.1) is 17.6 Å². The third kappa shape index (κ3) is 4.80. The van der Waals surface area contributed by atoms with Crippen LogP contribution in [-0.2, 0) is 4.79 Å². The first-order valence-corrected chi connectivity index (χ1v) is 10.8. The van der Waals surface area contributed by atoms with Crippen molar-refractivity contribution in [2.75, 3.05) is 13.2 Å². The van der Waals surface area contributed by atoms with Crippen LogP contribution in [0, 0.1) is 23.0 Å². The van der Waals surface area contributed by atoms with Crippen LogP contribution in [0.1, 0.15) is 67.3 Å². The summed E-state index contributed by atoms with van der Waals surface area (Å²) in [4.78, 5) is 36.7. The number of ether oxygens (including phenoxy) is 1. The monoisotopic (exact) mass is 417 g/mol. The molecule has 0 aromatic heterocycles. The molecule has 1 amide bonds. The van der Waals surface area contributed by atoms with Crippen molar-refractivity contribution in [3.8, 4) is 5.75 Å². The molecule has 0 spiro atoms. The Kier molecular flexibility index (Phi) is 7.42. The summed E-state index contributed by atoms with van der Waals surface area (Å²) in [7, 11) is 0. The summed E-state index contributed by atoms with van der Waals surface area (Å²) in [6, 6.07) is 3.27. The highest BCUT2D eigenvalue weighted by Crippen LogP contribution is 2.37. The maximum atomic E-state index is 12.2. The number of nitro groups is 1. The molecule has 1 aliphatic carbocycles. The van der Waals surface area contributed by atoms with Crippen molar-refractivity contribution >= 4 is 17.9 Å². The Morgan fingerprint density at radius 2 is 2.07 bits per heavy atom. The van der Waals surface area contributed by atoms with Gasteiger partial charge < -0.3 is 10.5 Å². The fourth-order valence-corrected chi connectivity index (χ4v) is 5.16. The van der Waals surface area contributed by atoms with Gasteiger partial charge in [0.15, 0.2) is 6.29 Å². The Morgan fingerprint density at radius 1 is 1.33 bits per heavy atom. The molecule has 2 fully saturated rings. The van der Waals surface area contributed by atoms with Crippen LogP contribution in [0.15, 0.2) is 12.1 Å². The zero-order valence-corrected chi connectivity index (χ0v) is 17.5. The second-order valence-corrected chi connectivity index (χ2v) is 8.42. The van der Waals surface area contributed by atoms with Crippen molar-refractivity contribution in [2.24, 2.45) is 11.7 Å². The standard InChI is InChI=1S/C22H31N3O5/c1-15-10-11-20(17(14-26)21(15)25(28)29)30-13-5-9-19(22(23)27)24-12-4-7-16-6-2-3-8-18(16)24/h10-11,14,16,18-19H,2-9,12-13H2,1H3,(H2,23,27). The zero-order chi connectivity index (χ0) is 21.7. The Labute approximate surface area is 176 Å². The third-order valence-electron chi connectivity index (χ3n) is 6.57. The molecule has 2 aliphatic rings. The van der Waals surface area contributed by atoms with Crippen LogP contribution in [-0.4, -0.2) is 47.3 Å². The number of nitrogens with zero attached hydrogens (tertiary/aromatic N) is 2. The SMILES string of the molecule is Cc1ccc(OCCCC(C(N)=O)N2CCCC3CCCCC32)c(C=O)c1[N+](=O)[O-]. The summed E-state index contributed by atoms with van der Waals surface area (Å²) in [6.45, 7) is 2.74. The normalized spacial score (nSPS) is 22.7. The highest BCUT2D eigenvalue weighted by molar-refractivity contribution is 5.86. The van der Waals surface area contributed by atoms with E-state index < -0.39 is 4.92 Å². The number of nitrogens with two attached hydrogens (primary N) is 1. The van der Waals surface area contributed by atoms with Gasteiger partial charge in [0.25, 0.3) is 5.69 Å². The molecule has 1 aliphatic heterocycles. The molecule has 3 unspecified atom stereocenters. The van der Waals surface area contributed by atoms with Crippen molar-refractivity contribution in [1.82, 2.24) is 4.90 Å². The summed E-state index contributed by atoms with van der Waals surface area (Å²) >= 11 is 0. The number of nitro benzene ring substituents is 1. The number of piperidine rings is 1. The van der Waals surface area contributed by atoms with Crippen LogP contribution in [0.5, 0.6) is 5.75 Å². The van der Waals surface area contributed by atoms with E-state index in [-0.39, 0.29) is 35.6 Å². The van der Waals surface area contributed by atoms with Crippen LogP contribution >= 0.6 is 0 Å². The number of fused-ring (bicyclic) bond motifs is 1. The second-order valence-electron chi connectivity index (χ2n) is 8.42. The number of hydrogen-bond acceptors (Lipinski definition) is 6. The van der Waals surface area contributed by atoms with Crippen LogP contribution in [0.3, 0.4) is 0 Å². The van der Waals surface area contributed by atoms with E-state index in [0.29, 0.717) is 36.7 Å². The number of rotatable bonds is 9. The maximum Gasteiger partial charge on any atom is 0.286 e. The molecule has 1 aromatic carbocycles. The largest absolute Gasteiger partial charge is 0.493 e. The molecule has 1 aromatic rings. The Balaban J connectivity index is 1.62. The highest BCUT2D eigenvalue weighted by atomic mass is 16.6. The van der Waals surface area contributed by atoms with Crippen LogP contribution < -0.4 is 10.5 Å². The van der Waals surface area contributed by atoms with Gasteiger partial charge in [-0.05, 0) is 70.0 Å². The van der Waals surface area contributed by atoms with Crippen molar-refractivity contribution < 1.29 is 19.2 Å². The van der Waals surface area contributed by atoms with Crippen molar-refractivity contribution in [3.63, 3.8) is 0 Å². The van der Waals surface area contributed by atoms with Gasteiger partial charge in [-0.25, -0.2) is 0 Å².